The Morgan fingerprint density at radius 3 is 2.95 bits per heavy atom. The van der Waals surface area contributed by atoms with Crippen LogP contribution in [0.4, 0.5) is 5.69 Å². The summed E-state index contributed by atoms with van der Waals surface area (Å²) in [5.74, 6) is 1.95. The summed E-state index contributed by atoms with van der Waals surface area (Å²) >= 11 is 1.96. The third-order valence-electron chi connectivity index (χ3n) is 3.68. The second-order valence-corrected chi connectivity index (χ2v) is 6.96. The number of aromatic nitrogens is 2. The molecule has 0 bridgehead atoms. The molecule has 1 fully saturated rings. The van der Waals surface area contributed by atoms with Gasteiger partial charge >= 0.3 is 0 Å². The zero-order chi connectivity index (χ0) is 15.4. The van der Waals surface area contributed by atoms with Crippen molar-refractivity contribution in [3.8, 4) is 0 Å². The van der Waals surface area contributed by atoms with Crippen LogP contribution in [0.5, 0.6) is 0 Å². The molecular weight excluding hydrogens is 284 g/mol. The van der Waals surface area contributed by atoms with E-state index in [1.54, 1.807) is 13.2 Å². The van der Waals surface area contributed by atoms with E-state index in [-0.39, 0.29) is 11.8 Å². The monoisotopic (exact) mass is 308 g/mol. The van der Waals surface area contributed by atoms with Gasteiger partial charge in [-0.3, -0.25) is 4.79 Å². The number of anilines is 1. The van der Waals surface area contributed by atoms with Crippen LogP contribution in [-0.2, 0) is 0 Å². The summed E-state index contributed by atoms with van der Waals surface area (Å²) in [6, 6.07) is 0. The average Bonchev–Trinajstić information content (AvgIpc) is 2.53. The number of carbonyl (C=O) groups excluding carboxylic acids is 1. The Kier molecular flexibility index (Phi) is 5.45. The van der Waals surface area contributed by atoms with Crippen LogP contribution >= 0.6 is 11.8 Å². The van der Waals surface area contributed by atoms with Crippen molar-refractivity contribution in [1.82, 2.24) is 14.9 Å². The van der Waals surface area contributed by atoms with E-state index in [2.05, 4.69) is 22.2 Å². The molecule has 1 aromatic heterocycles. The lowest BCUT2D eigenvalue weighted by Gasteiger charge is -2.32. The summed E-state index contributed by atoms with van der Waals surface area (Å²) in [4.78, 5) is 23.5. The van der Waals surface area contributed by atoms with Gasteiger partial charge in [-0.25, -0.2) is 9.97 Å². The SMILES string of the molecule is CCC1CN(C(=O)c2nc(C(C)C)ncc2NC)CCS1. The van der Waals surface area contributed by atoms with Gasteiger partial charge in [0.2, 0.25) is 0 Å². The molecule has 0 aromatic carbocycles. The second kappa shape index (κ2) is 7.11. The lowest BCUT2D eigenvalue weighted by atomic mass is 10.2. The molecule has 1 unspecified atom stereocenters. The van der Waals surface area contributed by atoms with E-state index in [1.165, 1.54) is 0 Å². The second-order valence-electron chi connectivity index (χ2n) is 5.55. The van der Waals surface area contributed by atoms with Gasteiger partial charge in [-0.1, -0.05) is 20.8 Å². The molecule has 21 heavy (non-hydrogen) atoms. The number of nitrogens with one attached hydrogen (secondary N) is 1. The van der Waals surface area contributed by atoms with Crippen molar-refractivity contribution in [3.05, 3.63) is 17.7 Å². The van der Waals surface area contributed by atoms with Crippen LogP contribution in [0.2, 0.25) is 0 Å². The fraction of sp³-hybridized carbons (Fsp3) is 0.667. The minimum Gasteiger partial charge on any atom is -0.385 e. The van der Waals surface area contributed by atoms with E-state index in [0.717, 1.165) is 31.1 Å². The van der Waals surface area contributed by atoms with Crippen LogP contribution in [0.15, 0.2) is 6.20 Å². The number of amides is 1. The Hall–Kier alpha value is -1.30. The summed E-state index contributed by atoms with van der Waals surface area (Å²) < 4.78 is 0. The highest BCUT2D eigenvalue weighted by molar-refractivity contribution is 8.00. The molecule has 2 rings (SSSR count). The van der Waals surface area contributed by atoms with Crippen molar-refractivity contribution < 1.29 is 4.79 Å². The van der Waals surface area contributed by atoms with Crippen molar-refractivity contribution in [2.75, 3.05) is 31.2 Å². The molecule has 0 radical (unpaired) electrons. The molecule has 5 nitrogen and oxygen atoms in total. The smallest absolute Gasteiger partial charge is 0.274 e. The normalized spacial score (nSPS) is 18.9. The Labute approximate surface area is 130 Å². The van der Waals surface area contributed by atoms with Crippen LogP contribution in [0, 0.1) is 0 Å². The van der Waals surface area contributed by atoms with Gasteiger partial charge in [0, 0.05) is 37.1 Å². The predicted molar refractivity (Wildman–Crippen MR) is 88.1 cm³/mol. The highest BCUT2D eigenvalue weighted by Gasteiger charge is 2.27. The van der Waals surface area contributed by atoms with E-state index in [0.29, 0.717) is 16.6 Å². The highest BCUT2D eigenvalue weighted by Crippen LogP contribution is 2.24. The van der Waals surface area contributed by atoms with Gasteiger partial charge in [0.1, 0.15) is 5.82 Å². The van der Waals surface area contributed by atoms with Crippen LogP contribution in [0.25, 0.3) is 0 Å². The summed E-state index contributed by atoms with van der Waals surface area (Å²) in [6.07, 6.45) is 2.81. The Bertz CT molecular complexity index is 506. The van der Waals surface area contributed by atoms with Crippen LogP contribution < -0.4 is 5.32 Å². The predicted octanol–water partition coefficient (Wildman–Crippen LogP) is 2.61. The number of carbonyl (C=O) groups is 1. The molecule has 1 aliphatic rings. The fourth-order valence-corrected chi connectivity index (χ4v) is 3.50. The third-order valence-corrected chi connectivity index (χ3v) is 5.05. The molecule has 1 saturated heterocycles. The number of rotatable bonds is 4. The zero-order valence-electron chi connectivity index (χ0n) is 13.2. The minimum absolute atomic E-state index is 0.0161. The number of thioether (sulfide) groups is 1. The van der Waals surface area contributed by atoms with E-state index < -0.39 is 0 Å². The first-order valence-corrected chi connectivity index (χ1v) is 8.57. The Balaban J connectivity index is 2.26. The first-order chi connectivity index (χ1) is 10.1. The highest BCUT2D eigenvalue weighted by atomic mass is 32.2. The number of nitrogens with zero attached hydrogens (tertiary/aromatic N) is 3. The molecule has 2 heterocycles. The standard InChI is InChI=1S/C15H24N4OS/c1-5-11-9-19(6-7-21-11)15(20)13-12(16-4)8-17-14(18-13)10(2)3/h8,10-11,16H,5-7,9H2,1-4H3. The molecule has 1 atom stereocenters. The Morgan fingerprint density at radius 1 is 1.57 bits per heavy atom. The molecule has 0 saturated carbocycles. The summed E-state index contributed by atoms with van der Waals surface area (Å²) in [5.41, 5.74) is 1.20. The molecule has 116 valence electrons. The van der Waals surface area contributed by atoms with Crippen molar-refractivity contribution in [1.29, 1.82) is 0 Å². The van der Waals surface area contributed by atoms with Gasteiger partial charge in [0.25, 0.3) is 5.91 Å². The molecule has 6 heteroatoms. The first kappa shape index (κ1) is 16.1. The molecule has 0 aliphatic carbocycles. The molecule has 1 amide bonds. The molecular formula is C15H24N4OS. The van der Waals surface area contributed by atoms with E-state index in [4.69, 9.17) is 0 Å². The maximum atomic E-state index is 12.8. The average molecular weight is 308 g/mol. The Morgan fingerprint density at radius 2 is 2.33 bits per heavy atom. The van der Waals surface area contributed by atoms with Crippen LogP contribution in [0.1, 0.15) is 49.4 Å². The van der Waals surface area contributed by atoms with E-state index >= 15 is 0 Å². The molecule has 1 N–H and O–H groups in total. The fourth-order valence-electron chi connectivity index (χ4n) is 2.32. The number of hydrogen-bond donors (Lipinski definition) is 1. The minimum atomic E-state index is 0.0161. The van der Waals surface area contributed by atoms with Gasteiger partial charge in [-0.2, -0.15) is 11.8 Å². The zero-order valence-corrected chi connectivity index (χ0v) is 14.0. The number of hydrogen-bond acceptors (Lipinski definition) is 5. The van der Waals surface area contributed by atoms with Crippen molar-refractivity contribution in [2.45, 2.75) is 38.4 Å². The van der Waals surface area contributed by atoms with Crippen LogP contribution in [0.3, 0.4) is 0 Å². The quantitative estimate of drug-likeness (QED) is 0.926. The van der Waals surface area contributed by atoms with Crippen molar-refractivity contribution >= 4 is 23.4 Å². The molecule has 1 aromatic rings. The first-order valence-electron chi connectivity index (χ1n) is 7.52. The van der Waals surface area contributed by atoms with Gasteiger partial charge in [0.15, 0.2) is 5.69 Å². The van der Waals surface area contributed by atoms with Crippen molar-refractivity contribution in [3.63, 3.8) is 0 Å². The van der Waals surface area contributed by atoms with Gasteiger partial charge in [-0.15, -0.1) is 0 Å². The summed E-state index contributed by atoms with van der Waals surface area (Å²) in [6.45, 7) is 7.85. The third kappa shape index (κ3) is 3.67. The maximum Gasteiger partial charge on any atom is 0.274 e. The van der Waals surface area contributed by atoms with Gasteiger partial charge in [0.05, 0.1) is 11.9 Å². The maximum absolute atomic E-state index is 12.8. The van der Waals surface area contributed by atoms with Crippen LogP contribution in [-0.4, -0.2) is 51.9 Å². The molecule has 0 spiro atoms. The van der Waals surface area contributed by atoms with Gasteiger partial charge < -0.3 is 10.2 Å². The lowest BCUT2D eigenvalue weighted by Crippen LogP contribution is -2.42. The largest absolute Gasteiger partial charge is 0.385 e. The van der Waals surface area contributed by atoms with E-state index in [9.17, 15) is 4.79 Å². The molecule has 1 aliphatic heterocycles. The summed E-state index contributed by atoms with van der Waals surface area (Å²) in [7, 11) is 1.80. The lowest BCUT2D eigenvalue weighted by molar-refractivity contribution is 0.0755. The summed E-state index contributed by atoms with van der Waals surface area (Å²) in [5, 5.41) is 3.56. The topological polar surface area (TPSA) is 58.1 Å². The van der Waals surface area contributed by atoms with E-state index in [1.807, 2.05) is 30.5 Å². The van der Waals surface area contributed by atoms with Gasteiger partial charge in [-0.05, 0) is 6.42 Å². The van der Waals surface area contributed by atoms with Crippen molar-refractivity contribution in [2.24, 2.45) is 0 Å².